The number of hydrogen-bond acceptors (Lipinski definition) is 4. The third-order valence-electron chi connectivity index (χ3n) is 6.17. The molecule has 0 aliphatic carbocycles. The van der Waals surface area contributed by atoms with Gasteiger partial charge in [0.25, 0.3) is 15.9 Å². The van der Waals surface area contributed by atoms with Crippen molar-refractivity contribution >= 4 is 32.5 Å². The zero-order chi connectivity index (χ0) is 26.8. The number of hydrogen-bond donors (Lipinski definition) is 3. The van der Waals surface area contributed by atoms with E-state index >= 15 is 0 Å². The van der Waals surface area contributed by atoms with Crippen LogP contribution >= 0.6 is 0 Å². The summed E-state index contributed by atoms with van der Waals surface area (Å²) >= 11 is 0. The van der Waals surface area contributed by atoms with Gasteiger partial charge >= 0.3 is 0 Å². The quantitative estimate of drug-likeness (QED) is 0.278. The minimum atomic E-state index is -3.81. The van der Waals surface area contributed by atoms with Gasteiger partial charge in [-0.2, -0.15) is 0 Å². The summed E-state index contributed by atoms with van der Waals surface area (Å²) in [7, 11) is -2.22. The predicted octanol–water partition coefficient (Wildman–Crippen LogP) is 5.70. The second kappa shape index (κ2) is 10.4. The Bertz CT molecular complexity index is 1500. The second-order valence-electron chi connectivity index (χ2n) is 10.2. The van der Waals surface area contributed by atoms with Crippen LogP contribution in [0, 0.1) is 0 Å². The number of rotatable bonds is 8. The van der Waals surface area contributed by atoms with Crippen molar-refractivity contribution < 1.29 is 17.9 Å². The summed E-state index contributed by atoms with van der Waals surface area (Å²) in [4.78, 5) is 16.6. The molecule has 7 nitrogen and oxygen atoms in total. The molecule has 194 valence electrons. The largest absolute Gasteiger partial charge is 0.383 e. The van der Waals surface area contributed by atoms with Crippen molar-refractivity contribution in [1.82, 2.24) is 10.3 Å². The third-order valence-corrected chi connectivity index (χ3v) is 7.56. The minimum absolute atomic E-state index is 0.0752. The lowest BCUT2D eigenvalue weighted by Crippen LogP contribution is -2.36. The van der Waals surface area contributed by atoms with Crippen molar-refractivity contribution in [3.63, 3.8) is 0 Å². The molecule has 1 aromatic heterocycles. The van der Waals surface area contributed by atoms with Crippen molar-refractivity contribution in [1.29, 1.82) is 0 Å². The molecule has 3 aromatic carbocycles. The van der Waals surface area contributed by atoms with E-state index in [0.29, 0.717) is 23.6 Å². The van der Waals surface area contributed by atoms with Crippen molar-refractivity contribution in [3.05, 3.63) is 84.1 Å². The van der Waals surface area contributed by atoms with E-state index in [2.05, 4.69) is 35.8 Å². The number of fused-ring (bicyclic) bond motifs is 1. The number of benzene rings is 3. The van der Waals surface area contributed by atoms with E-state index in [0.717, 1.165) is 22.0 Å². The first-order valence-corrected chi connectivity index (χ1v) is 13.6. The smallest absolute Gasteiger partial charge is 0.268 e. The average molecular weight is 520 g/mol. The number of ether oxygens (including phenoxy) is 1. The third kappa shape index (κ3) is 5.87. The van der Waals surface area contributed by atoms with E-state index in [1.54, 1.807) is 37.4 Å². The van der Waals surface area contributed by atoms with Crippen LogP contribution in [0.15, 0.2) is 77.7 Å². The Balaban J connectivity index is 1.73. The van der Waals surface area contributed by atoms with Crippen molar-refractivity contribution in [2.24, 2.45) is 0 Å². The van der Waals surface area contributed by atoms with Gasteiger partial charge in [-0.1, -0.05) is 63.2 Å². The Labute approximate surface area is 218 Å². The van der Waals surface area contributed by atoms with Crippen LogP contribution in [0.3, 0.4) is 0 Å². The van der Waals surface area contributed by atoms with Gasteiger partial charge in [-0.25, -0.2) is 8.42 Å². The molecule has 0 saturated carbocycles. The Hall–Kier alpha value is -3.62. The highest BCUT2D eigenvalue weighted by Gasteiger charge is 2.22. The number of H-pyrrole nitrogens is 1. The van der Waals surface area contributed by atoms with Crippen LogP contribution in [0.1, 0.15) is 43.7 Å². The Morgan fingerprint density at radius 1 is 1.00 bits per heavy atom. The molecule has 0 aliphatic rings. The van der Waals surface area contributed by atoms with Crippen LogP contribution in [0.5, 0.6) is 0 Å². The fourth-order valence-corrected chi connectivity index (χ4v) is 5.32. The molecule has 4 aromatic rings. The van der Waals surface area contributed by atoms with E-state index in [1.807, 2.05) is 49.4 Å². The highest BCUT2D eigenvalue weighted by atomic mass is 32.2. The maximum atomic E-state index is 13.2. The number of nitrogens with one attached hydrogen (secondary N) is 3. The number of carbonyl (C=O) groups is 1. The lowest BCUT2D eigenvalue weighted by molar-refractivity contribution is 0.0902. The van der Waals surface area contributed by atoms with Gasteiger partial charge in [0, 0.05) is 35.3 Å². The molecular weight excluding hydrogens is 486 g/mol. The molecule has 1 atom stereocenters. The van der Waals surface area contributed by atoms with Crippen LogP contribution in [-0.2, 0) is 20.2 Å². The monoisotopic (exact) mass is 519 g/mol. The topological polar surface area (TPSA) is 100 Å². The van der Waals surface area contributed by atoms with Crippen molar-refractivity contribution in [3.8, 4) is 11.1 Å². The van der Waals surface area contributed by atoms with Gasteiger partial charge in [0.05, 0.1) is 11.5 Å². The van der Waals surface area contributed by atoms with Crippen molar-refractivity contribution in [2.75, 3.05) is 18.4 Å². The second-order valence-corrected chi connectivity index (χ2v) is 11.9. The lowest BCUT2D eigenvalue weighted by atomic mass is 9.87. The number of aromatic nitrogens is 1. The van der Waals surface area contributed by atoms with E-state index in [4.69, 9.17) is 4.74 Å². The highest BCUT2D eigenvalue weighted by molar-refractivity contribution is 7.92. The van der Waals surface area contributed by atoms with Gasteiger partial charge in [-0.15, -0.1) is 0 Å². The van der Waals surface area contributed by atoms with Gasteiger partial charge in [0.15, 0.2) is 0 Å². The molecule has 0 aliphatic heterocycles. The molecule has 8 heteroatoms. The summed E-state index contributed by atoms with van der Waals surface area (Å²) in [6, 6.07) is 21.5. The zero-order valence-electron chi connectivity index (χ0n) is 21.8. The molecule has 3 N–H and O–H groups in total. The molecule has 0 saturated heterocycles. The summed E-state index contributed by atoms with van der Waals surface area (Å²) in [5.74, 6) is -0.263. The molecule has 1 amide bonds. The van der Waals surface area contributed by atoms with Gasteiger partial charge in [0.1, 0.15) is 5.69 Å². The van der Waals surface area contributed by atoms with Crippen LogP contribution in [0.4, 0.5) is 5.69 Å². The predicted molar refractivity (Wildman–Crippen MR) is 148 cm³/mol. The Morgan fingerprint density at radius 2 is 1.68 bits per heavy atom. The average Bonchev–Trinajstić information content (AvgIpc) is 3.23. The highest BCUT2D eigenvalue weighted by Crippen LogP contribution is 2.35. The molecule has 0 unspecified atom stereocenters. The Morgan fingerprint density at radius 3 is 2.30 bits per heavy atom. The van der Waals surface area contributed by atoms with Crippen LogP contribution < -0.4 is 10.0 Å². The molecule has 0 bridgehead atoms. The van der Waals surface area contributed by atoms with Crippen LogP contribution in [0.2, 0.25) is 0 Å². The normalized spacial score (nSPS) is 12.9. The summed E-state index contributed by atoms with van der Waals surface area (Å²) in [6.07, 6.45) is 0. The van der Waals surface area contributed by atoms with Crippen molar-refractivity contribution in [2.45, 2.75) is 44.0 Å². The first kappa shape index (κ1) is 26.4. The molecular formula is C29H33N3O4S. The molecule has 37 heavy (non-hydrogen) atoms. The number of amides is 1. The lowest BCUT2D eigenvalue weighted by Gasteiger charge is -2.19. The number of sulfonamides is 1. The molecule has 0 spiro atoms. The summed E-state index contributed by atoms with van der Waals surface area (Å²) in [5.41, 5.74) is 4.06. The SMILES string of the molecule is COC[C@@H](C)NC(=O)c1[nH]c2ccc(NS(=O)(=O)c3ccc(C(C)(C)C)cc3)cc2c1-c1ccccc1. The molecule has 4 rings (SSSR count). The maximum absolute atomic E-state index is 13.2. The first-order chi connectivity index (χ1) is 17.5. The minimum Gasteiger partial charge on any atom is -0.383 e. The summed E-state index contributed by atoms with van der Waals surface area (Å²) in [5, 5.41) is 3.69. The van der Waals surface area contributed by atoms with Crippen LogP contribution in [0.25, 0.3) is 22.0 Å². The molecule has 0 radical (unpaired) electrons. The summed E-state index contributed by atoms with van der Waals surface area (Å²) < 4.78 is 34.1. The van der Waals surface area contributed by atoms with Crippen LogP contribution in [-0.4, -0.2) is 39.1 Å². The first-order valence-electron chi connectivity index (χ1n) is 12.1. The van der Waals surface area contributed by atoms with E-state index in [9.17, 15) is 13.2 Å². The van der Waals surface area contributed by atoms with Gasteiger partial charge in [0.2, 0.25) is 0 Å². The maximum Gasteiger partial charge on any atom is 0.268 e. The standard InChI is InChI=1S/C29H33N3O4S/c1-19(18-36-5)30-28(33)27-26(20-9-7-6-8-10-20)24-17-22(13-16-25(24)31-27)32-37(34,35)23-14-11-21(12-15-23)29(2,3)4/h6-17,19,31-32H,18H2,1-5H3,(H,30,33)/t19-/m1/s1. The van der Waals surface area contributed by atoms with Gasteiger partial charge in [-0.05, 0) is 53.8 Å². The molecule has 0 fully saturated rings. The van der Waals surface area contributed by atoms with Gasteiger partial charge < -0.3 is 15.0 Å². The number of anilines is 1. The van der Waals surface area contributed by atoms with E-state index < -0.39 is 10.0 Å². The van der Waals surface area contributed by atoms with Gasteiger partial charge in [-0.3, -0.25) is 9.52 Å². The molecule has 1 heterocycles. The van der Waals surface area contributed by atoms with E-state index in [1.165, 1.54) is 0 Å². The fraction of sp³-hybridized carbons (Fsp3) is 0.276. The number of methoxy groups -OCH3 is 1. The number of carbonyl (C=O) groups excluding carboxylic acids is 1. The number of aromatic amines is 1. The fourth-order valence-electron chi connectivity index (χ4n) is 4.27. The zero-order valence-corrected chi connectivity index (χ0v) is 22.6. The van der Waals surface area contributed by atoms with E-state index in [-0.39, 0.29) is 22.3 Å². The summed E-state index contributed by atoms with van der Waals surface area (Å²) in [6.45, 7) is 8.50. The Kier molecular flexibility index (Phi) is 7.43.